The summed E-state index contributed by atoms with van der Waals surface area (Å²) in [4.78, 5) is 37.9. The molecule has 24 heavy (non-hydrogen) atoms. The van der Waals surface area contributed by atoms with Crippen LogP contribution in [0.2, 0.25) is 0 Å². The molecule has 1 heterocycles. The Kier molecular flexibility index (Phi) is 3.95. The predicted octanol–water partition coefficient (Wildman–Crippen LogP) is 1.61. The lowest BCUT2D eigenvalue weighted by Gasteiger charge is -2.10. The van der Waals surface area contributed by atoms with E-state index in [-0.39, 0.29) is 11.1 Å². The first-order valence-electron chi connectivity index (χ1n) is 6.92. The van der Waals surface area contributed by atoms with Crippen molar-refractivity contribution in [2.45, 2.75) is 6.54 Å². The summed E-state index contributed by atoms with van der Waals surface area (Å²) in [5.41, 5.74) is -0.931. The minimum Gasteiger partial charge on any atom is -0.324 e. The lowest BCUT2D eigenvalue weighted by atomic mass is 10.2. The molecule has 0 saturated carbocycles. The van der Waals surface area contributed by atoms with Gasteiger partial charge in [-0.05, 0) is 24.3 Å². The van der Waals surface area contributed by atoms with Crippen LogP contribution in [0.3, 0.4) is 0 Å². The Balaban J connectivity index is 1.92. The maximum absolute atomic E-state index is 13.2. The highest BCUT2D eigenvalue weighted by atomic mass is 19.2. The highest BCUT2D eigenvalue weighted by molar-refractivity contribution is 5.91. The molecule has 6 nitrogen and oxygen atoms in total. The molecule has 2 aromatic carbocycles. The van der Waals surface area contributed by atoms with Crippen molar-refractivity contribution < 1.29 is 13.6 Å². The van der Waals surface area contributed by atoms with Crippen LogP contribution in [0.4, 0.5) is 14.5 Å². The number of rotatable bonds is 3. The molecule has 8 heteroatoms. The van der Waals surface area contributed by atoms with Crippen molar-refractivity contribution in [1.29, 1.82) is 0 Å². The zero-order valence-electron chi connectivity index (χ0n) is 12.2. The Morgan fingerprint density at radius 1 is 1.08 bits per heavy atom. The Morgan fingerprint density at radius 3 is 2.58 bits per heavy atom. The molecule has 0 radical (unpaired) electrons. The van der Waals surface area contributed by atoms with Crippen LogP contribution < -0.4 is 16.6 Å². The Labute approximate surface area is 133 Å². The molecule has 3 rings (SSSR count). The molecule has 122 valence electrons. The fourth-order valence-electron chi connectivity index (χ4n) is 2.32. The smallest absolute Gasteiger partial charge is 0.324 e. The van der Waals surface area contributed by atoms with Gasteiger partial charge in [-0.1, -0.05) is 12.1 Å². The van der Waals surface area contributed by atoms with Crippen molar-refractivity contribution in [3.63, 3.8) is 0 Å². The van der Waals surface area contributed by atoms with Gasteiger partial charge in [0.1, 0.15) is 6.54 Å². The highest BCUT2D eigenvalue weighted by Gasteiger charge is 2.11. The summed E-state index contributed by atoms with van der Waals surface area (Å²) >= 11 is 0. The number of halogens is 2. The second kappa shape index (κ2) is 6.07. The van der Waals surface area contributed by atoms with Crippen LogP contribution in [-0.4, -0.2) is 15.5 Å². The minimum absolute atomic E-state index is 0.0562. The maximum Gasteiger partial charge on any atom is 0.329 e. The molecular formula is C16H11F2N3O3. The van der Waals surface area contributed by atoms with Crippen molar-refractivity contribution in [3.05, 3.63) is 74.9 Å². The van der Waals surface area contributed by atoms with Gasteiger partial charge in [-0.3, -0.25) is 19.1 Å². The third-order valence-corrected chi connectivity index (χ3v) is 3.41. The van der Waals surface area contributed by atoms with E-state index in [9.17, 15) is 23.2 Å². The summed E-state index contributed by atoms with van der Waals surface area (Å²) in [5, 5.41) is 2.63. The molecule has 0 bridgehead atoms. The molecule has 0 saturated heterocycles. The lowest BCUT2D eigenvalue weighted by molar-refractivity contribution is -0.116. The van der Waals surface area contributed by atoms with E-state index in [1.54, 1.807) is 12.1 Å². The minimum atomic E-state index is -1.10. The second-order valence-electron chi connectivity index (χ2n) is 5.04. The first-order chi connectivity index (χ1) is 11.5. The standard InChI is InChI=1S/C16H11F2N3O3/c17-11-6-5-9(7-12(11)18)19-14(22)8-21-13-4-2-1-3-10(13)15(23)20-16(21)24/h1-7H,8H2,(H,19,22)(H,20,23,24). The summed E-state index contributed by atoms with van der Waals surface area (Å²) < 4.78 is 27.1. The van der Waals surface area contributed by atoms with E-state index in [0.717, 1.165) is 16.7 Å². The number of aromatic nitrogens is 2. The van der Waals surface area contributed by atoms with Gasteiger partial charge in [0, 0.05) is 11.8 Å². The van der Waals surface area contributed by atoms with Crippen LogP contribution in [0.15, 0.2) is 52.1 Å². The van der Waals surface area contributed by atoms with Crippen molar-refractivity contribution in [3.8, 4) is 0 Å². The van der Waals surface area contributed by atoms with E-state index in [2.05, 4.69) is 10.3 Å². The van der Waals surface area contributed by atoms with Gasteiger partial charge in [0.05, 0.1) is 10.9 Å². The first kappa shape index (κ1) is 15.6. The summed E-state index contributed by atoms with van der Waals surface area (Å²) in [7, 11) is 0. The van der Waals surface area contributed by atoms with Crippen molar-refractivity contribution in [1.82, 2.24) is 9.55 Å². The van der Waals surface area contributed by atoms with E-state index < -0.39 is 35.3 Å². The van der Waals surface area contributed by atoms with Crippen LogP contribution in [-0.2, 0) is 11.3 Å². The van der Waals surface area contributed by atoms with E-state index in [1.807, 2.05) is 0 Å². The number of benzene rings is 2. The topological polar surface area (TPSA) is 84.0 Å². The Bertz CT molecular complexity index is 1060. The molecule has 1 aromatic heterocycles. The molecule has 0 aliphatic heterocycles. The third kappa shape index (κ3) is 2.94. The zero-order valence-corrected chi connectivity index (χ0v) is 12.2. The van der Waals surface area contributed by atoms with Crippen LogP contribution in [0.5, 0.6) is 0 Å². The SMILES string of the molecule is O=C(Cn1c(=O)[nH]c(=O)c2ccccc21)Nc1ccc(F)c(F)c1. The number of hydrogen-bond acceptors (Lipinski definition) is 3. The predicted molar refractivity (Wildman–Crippen MR) is 83.8 cm³/mol. The van der Waals surface area contributed by atoms with E-state index in [0.29, 0.717) is 5.52 Å². The normalized spacial score (nSPS) is 10.8. The van der Waals surface area contributed by atoms with E-state index >= 15 is 0 Å². The number of anilines is 1. The summed E-state index contributed by atoms with van der Waals surface area (Å²) in [5.74, 6) is -2.75. The molecule has 2 N–H and O–H groups in total. The molecule has 0 unspecified atom stereocenters. The molecule has 0 aliphatic rings. The summed E-state index contributed by atoms with van der Waals surface area (Å²) in [6.45, 7) is -0.394. The summed E-state index contributed by atoms with van der Waals surface area (Å²) in [6, 6.07) is 9.24. The largest absolute Gasteiger partial charge is 0.329 e. The number of nitrogens with one attached hydrogen (secondary N) is 2. The Hall–Kier alpha value is -3.29. The number of para-hydroxylation sites is 1. The van der Waals surface area contributed by atoms with Gasteiger partial charge < -0.3 is 5.32 Å². The van der Waals surface area contributed by atoms with Gasteiger partial charge in [-0.2, -0.15) is 0 Å². The molecule has 0 aliphatic carbocycles. The average molecular weight is 331 g/mol. The molecular weight excluding hydrogens is 320 g/mol. The highest BCUT2D eigenvalue weighted by Crippen LogP contribution is 2.13. The van der Waals surface area contributed by atoms with Crippen LogP contribution in [0.25, 0.3) is 10.9 Å². The quantitative estimate of drug-likeness (QED) is 0.765. The number of H-pyrrole nitrogens is 1. The molecule has 0 atom stereocenters. The summed E-state index contributed by atoms with van der Waals surface area (Å²) in [6.07, 6.45) is 0. The number of aromatic amines is 1. The number of amides is 1. The van der Waals surface area contributed by atoms with Crippen LogP contribution >= 0.6 is 0 Å². The fraction of sp³-hybridized carbons (Fsp3) is 0.0625. The zero-order chi connectivity index (χ0) is 17.3. The number of nitrogens with zero attached hydrogens (tertiary/aromatic N) is 1. The van der Waals surface area contributed by atoms with Crippen molar-refractivity contribution in [2.24, 2.45) is 0 Å². The monoisotopic (exact) mass is 331 g/mol. The molecule has 0 fully saturated rings. The lowest BCUT2D eigenvalue weighted by Crippen LogP contribution is -2.34. The second-order valence-corrected chi connectivity index (χ2v) is 5.04. The van der Waals surface area contributed by atoms with E-state index in [1.165, 1.54) is 18.2 Å². The van der Waals surface area contributed by atoms with Crippen molar-refractivity contribution in [2.75, 3.05) is 5.32 Å². The van der Waals surface area contributed by atoms with Gasteiger partial charge >= 0.3 is 5.69 Å². The van der Waals surface area contributed by atoms with Crippen molar-refractivity contribution >= 4 is 22.5 Å². The van der Waals surface area contributed by atoms with Gasteiger partial charge in [-0.25, -0.2) is 13.6 Å². The van der Waals surface area contributed by atoms with Gasteiger partial charge in [-0.15, -0.1) is 0 Å². The number of hydrogen-bond donors (Lipinski definition) is 2. The number of fused-ring (bicyclic) bond motifs is 1. The Morgan fingerprint density at radius 2 is 1.83 bits per heavy atom. The van der Waals surface area contributed by atoms with Gasteiger partial charge in [0.2, 0.25) is 5.91 Å². The van der Waals surface area contributed by atoms with Crippen LogP contribution in [0, 0.1) is 11.6 Å². The maximum atomic E-state index is 13.2. The molecule has 1 amide bonds. The average Bonchev–Trinajstić information content (AvgIpc) is 2.55. The van der Waals surface area contributed by atoms with Crippen LogP contribution in [0.1, 0.15) is 0 Å². The third-order valence-electron chi connectivity index (χ3n) is 3.41. The number of carbonyl (C=O) groups is 1. The number of carbonyl (C=O) groups excluding carboxylic acids is 1. The fourth-order valence-corrected chi connectivity index (χ4v) is 2.32. The van der Waals surface area contributed by atoms with Gasteiger partial charge in [0.15, 0.2) is 11.6 Å². The molecule has 0 spiro atoms. The van der Waals surface area contributed by atoms with Gasteiger partial charge in [0.25, 0.3) is 5.56 Å². The first-order valence-corrected chi connectivity index (χ1v) is 6.92. The van der Waals surface area contributed by atoms with E-state index in [4.69, 9.17) is 0 Å². The molecule has 3 aromatic rings.